The summed E-state index contributed by atoms with van der Waals surface area (Å²) in [5, 5.41) is 3.10. The normalized spacial score (nSPS) is 9.90. The molecular weight excluding hydrogens is 126 g/mol. The van der Waals surface area contributed by atoms with Crippen LogP contribution in [0.1, 0.15) is 18.3 Å². The fraction of sp³-hybridized carbons (Fsp3) is 0.571. The minimum Gasteiger partial charge on any atom is -0.356 e. The number of aromatic amines is 1. The fourth-order valence-corrected chi connectivity index (χ4v) is 0.799. The average Bonchev–Trinajstić information content (AvgIpc) is 2.14. The van der Waals surface area contributed by atoms with Gasteiger partial charge in [-0.1, -0.05) is 0 Å². The van der Waals surface area contributed by atoms with Gasteiger partial charge in [0.05, 0.1) is 5.69 Å². The van der Waals surface area contributed by atoms with E-state index in [1.807, 2.05) is 20.8 Å². The first kappa shape index (κ1) is 7.12. The first-order valence-corrected chi connectivity index (χ1v) is 3.51. The Kier molecular flexibility index (Phi) is 1.94. The maximum atomic E-state index is 4.23. The number of nitrogens with one attached hydrogen (secondary N) is 2. The van der Waals surface area contributed by atoms with E-state index >= 15 is 0 Å². The molecule has 3 heteroatoms. The van der Waals surface area contributed by atoms with Crippen LogP contribution in [-0.2, 0) is 0 Å². The number of aromatic nitrogens is 2. The molecule has 0 unspecified atom stereocenters. The van der Waals surface area contributed by atoms with Gasteiger partial charge in [0.15, 0.2) is 0 Å². The third kappa shape index (κ3) is 1.29. The zero-order chi connectivity index (χ0) is 7.56. The minimum absolute atomic E-state index is 0.873. The molecule has 2 N–H and O–H groups in total. The summed E-state index contributed by atoms with van der Waals surface area (Å²) in [4.78, 5) is 7.36. The van der Waals surface area contributed by atoms with Gasteiger partial charge in [-0.05, 0) is 20.8 Å². The molecule has 56 valence electrons. The molecule has 0 spiro atoms. The molecule has 1 aromatic heterocycles. The molecular formula is C7H13N3. The lowest BCUT2D eigenvalue weighted by Gasteiger charge is -1.93. The molecule has 1 heterocycles. The Labute approximate surface area is 60.9 Å². The highest BCUT2D eigenvalue weighted by atomic mass is 15.1. The molecule has 1 aromatic rings. The summed E-state index contributed by atoms with van der Waals surface area (Å²) in [6, 6.07) is 0. The molecule has 10 heavy (non-hydrogen) atoms. The number of aryl methyl sites for hydroxylation is 2. The molecule has 0 atom stereocenters. The van der Waals surface area contributed by atoms with Crippen LogP contribution in [0.5, 0.6) is 0 Å². The lowest BCUT2D eigenvalue weighted by Crippen LogP contribution is -1.97. The standard InChI is InChI=1S/C7H13N3/c1-4-8-7-9-5(2)6(3)10-7/h4H2,1-3H3,(H2,8,9,10). The third-order valence-electron chi connectivity index (χ3n) is 1.47. The van der Waals surface area contributed by atoms with E-state index in [-0.39, 0.29) is 0 Å². The Hall–Kier alpha value is -0.990. The van der Waals surface area contributed by atoms with Gasteiger partial charge in [0.25, 0.3) is 0 Å². The Bertz CT molecular complexity index is 195. The molecule has 0 saturated heterocycles. The summed E-state index contributed by atoms with van der Waals surface area (Å²) in [5.41, 5.74) is 2.20. The van der Waals surface area contributed by atoms with Gasteiger partial charge in [0.2, 0.25) is 5.95 Å². The van der Waals surface area contributed by atoms with Gasteiger partial charge in [-0.25, -0.2) is 4.98 Å². The maximum Gasteiger partial charge on any atom is 0.200 e. The Balaban J connectivity index is 2.77. The quantitative estimate of drug-likeness (QED) is 0.651. The summed E-state index contributed by atoms with van der Waals surface area (Å²) in [7, 11) is 0. The molecule has 0 bridgehead atoms. The van der Waals surface area contributed by atoms with Crippen LogP contribution in [0.15, 0.2) is 0 Å². The van der Waals surface area contributed by atoms with E-state index < -0.39 is 0 Å². The second kappa shape index (κ2) is 2.73. The van der Waals surface area contributed by atoms with Crippen LogP contribution in [0.2, 0.25) is 0 Å². The van der Waals surface area contributed by atoms with E-state index in [0.717, 1.165) is 23.9 Å². The van der Waals surface area contributed by atoms with E-state index in [0.29, 0.717) is 0 Å². The van der Waals surface area contributed by atoms with Crippen molar-refractivity contribution in [3.63, 3.8) is 0 Å². The summed E-state index contributed by atoms with van der Waals surface area (Å²) in [5.74, 6) is 0.873. The highest BCUT2D eigenvalue weighted by Crippen LogP contribution is 2.05. The number of hydrogen-bond donors (Lipinski definition) is 2. The van der Waals surface area contributed by atoms with Crippen molar-refractivity contribution in [3.05, 3.63) is 11.4 Å². The van der Waals surface area contributed by atoms with Gasteiger partial charge in [-0.2, -0.15) is 0 Å². The van der Waals surface area contributed by atoms with Crippen molar-refractivity contribution < 1.29 is 0 Å². The summed E-state index contributed by atoms with van der Waals surface area (Å²) in [6.45, 7) is 6.97. The van der Waals surface area contributed by atoms with Gasteiger partial charge in [0, 0.05) is 12.2 Å². The molecule has 0 aliphatic heterocycles. The smallest absolute Gasteiger partial charge is 0.200 e. The molecule has 0 saturated carbocycles. The van der Waals surface area contributed by atoms with E-state index in [1.54, 1.807) is 0 Å². The summed E-state index contributed by atoms with van der Waals surface area (Å²) < 4.78 is 0. The number of nitrogens with zero attached hydrogens (tertiary/aromatic N) is 1. The zero-order valence-electron chi connectivity index (χ0n) is 6.65. The van der Waals surface area contributed by atoms with Crippen LogP contribution in [0.4, 0.5) is 5.95 Å². The van der Waals surface area contributed by atoms with Crippen LogP contribution in [0, 0.1) is 13.8 Å². The zero-order valence-corrected chi connectivity index (χ0v) is 6.65. The number of rotatable bonds is 2. The van der Waals surface area contributed by atoms with Crippen molar-refractivity contribution in [2.75, 3.05) is 11.9 Å². The largest absolute Gasteiger partial charge is 0.356 e. The Morgan fingerprint density at radius 2 is 2.20 bits per heavy atom. The molecule has 0 fully saturated rings. The van der Waals surface area contributed by atoms with Crippen molar-refractivity contribution in [2.24, 2.45) is 0 Å². The Morgan fingerprint density at radius 1 is 1.50 bits per heavy atom. The molecule has 0 amide bonds. The topological polar surface area (TPSA) is 40.7 Å². The second-order valence-electron chi connectivity index (χ2n) is 2.33. The number of imidazole rings is 1. The minimum atomic E-state index is 0.873. The van der Waals surface area contributed by atoms with Crippen LogP contribution < -0.4 is 5.32 Å². The van der Waals surface area contributed by atoms with Crippen molar-refractivity contribution in [1.29, 1.82) is 0 Å². The first-order valence-electron chi connectivity index (χ1n) is 3.51. The molecule has 0 aromatic carbocycles. The van der Waals surface area contributed by atoms with Gasteiger partial charge in [-0.15, -0.1) is 0 Å². The SMILES string of the molecule is CCNc1nc(C)c(C)[nH]1. The van der Waals surface area contributed by atoms with E-state index in [2.05, 4.69) is 15.3 Å². The monoisotopic (exact) mass is 139 g/mol. The number of anilines is 1. The molecule has 3 nitrogen and oxygen atoms in total. The average molecular weight is 139 g/mol. The third-order valence-corrected chi connectivity index (χ3v) is 1.47. The highest BCUT2D eigenvalue weighted by molar-refractivity contribution is 5.29. The van der Waals surface area contributed by atoms with Crippen molar-refractivity contribution in [3.8, 4) is 0 Å². The van der Waals surface area contributed by atoms with E-state index in [4.69, 9.17) is 0 Å². The van der Waals surface area contributed by atoms with E-state index in [9.17, 15) is 0 Å². The van der Waals surface area contributed by atoms with Crippen molar-refractivity contribution in [1.82, 2.24) is 9.97 Å². The number of H-pyrrole nitrogens is 1. The van der Waals surface area contributed by atoms with Crippen LogP contribution in [0.25, 0.3) is 0 Å². The van der Waals surface area contributed by atoms with Gasteiger partial charge in [0.1, 0.15) is 0 Å². The maximum absolute atomic E-state index is 4.23. The van der Waals surface area contributed by atoms with Crippen molar-refractivity contribution >= 4 is 5.95 Å². The predicted molar refractivity (Wildman–Crippen MR) is 42.2 cm³/mol. The lowest BCUT2D eigenvalue weighted by atomic mass is 10.4. The van der Waals surface area contributed by atoms with Crippen LogP contribution in [-0.4, -0.2) is 16.5 Å². The van der Waals surface area contributed by atoms with Gasteiger partial charge in [-0.3, -0.25) is 0 Å². The Morgan fingerprint density at radius 3 is 2.60 bits per heavy atom. The highest BCUT2D eigenvalue weighted by Gasteiger charge is 1.98. The molecule has 0 radical (unpaired) electrons. The van der Waals surface area contributed by atoms with Gasteiger partial charge >= 0.3 is 0 Å². The number of hydrogen-bond acceptors (Lipinski definition) is 2. The molecule has 0 aliphatic rings. The van der Waals surface area contributed by atoms with Crippen LogP contribution >= 0.6 is 0 Å². The lowest BCUT2D eigenvalue weighted by molar-refractivity contribution is 1.12. The molecule has 1 rings (SSSR count). The summed E-state index contributed by atoms with van der Waals surface area (Å²) >= 11 is 0. The van der Waals surface area contributed by atoms with Crippen molar-refractivity contribution in [2.45, 2.75) is 20.8 Å². The van der Waals surface area contributed by atoms with Crippen LogP contribution in [0.3, 0.4) is 0 Å². The molecule has 0 aliphatic carbocycles. The fourth-order valence-electron chi connectivity index (χ4n) is 0.799. The summed E-state index contributed by atoms with van der Waals surface area (Å²) in [6.07, 6.45) is 0. The van der Waals surface area contributed by atoms with Gasteiger partial charge < -0.3 is 10.3 Å². The van der Waals surface area contributed by atoms with E-state index in [1.165, 1.54) is 0 Å². The first-order chi connectivity index (χ1) is 4.74. The predicted octanol–water partition coefficient (Wildman–Crippen LogP) is 1.46. The second-order valence-corrected chi connectivity index (χ2v) is 2.33.